The predicted octanol–water partition coefficient (Wildman–Crippen LogP) is 5.06. The van der Waals surface area contributed by atoms with E-state index in [-0.39, 0.29) is 5.91 Å². The maximum atomic E-state index is 12.4. The van der Waals surface area contributed by atoms with Gasteiger partial charge in [0.1, 0.15) is 0 Å². The monoisotopic (exact) mass is 425 g/mol. The molecule has 1 spiro atoms. The molecule has 0 N–H and O–H groups in total. The molecule has 1 aromatic carbocycles. The van der Waals surface area contributed by atoms with Crippen molar-refractivity contribution in [2.45, 2.75) is 71.1 Å². The molecule has 4 nitrogen and oxygen atoms in total. The van der Waals surface area contributed by atoms with Gasteiger partial charge >= 0.3 is 0 Å². The fourth-order valence-corrected chi connectivity index (χ4v) is 6.46. The number of aryl methyl sites for hydroxylation is 1. The van der Waals surface area contributed by atoms with Crippen LogP contribution in [0.15, 0.2) is 18.2 Å². The molecule has 0 atom stereocenters. The smallest absolute Gasteiger partial charge is 0.226 e. The van der Waals surface area contributed by atoms with Crippen molar-refractivity contribution in [3.05, 3.63) is 29.3 Å². The van der Waals surface area contributed by atoms with Gasteiger partial charge < -0.3 is 14.7 Å². The van der Waals surface area contributed by atoms with E-state index >= 15 is 0 Å². The van der Waals surface area contributed by atoms with E-state index in [1.54, 1.807) is 0 Å². The number of hydrogen-bond donors (Lipinski definition) is 0. The van der Waals surface area contributed by atoms with Gasteiger partial charge in [0.15, 0.2) is 0 Å². The molecule has 1 saturated carbocycles. The number of carbonyl (C=O) groups excluding carboxylic acids is 1. The van der Waals surface area contributed by atoms with Gasteiger partial charge in [0.05, 0.1) is 0 Å². The van der Waals surface area contributed by atoms with Crippen LogP contribution in [0.3, 0.4) is 0 Å². The minimum atomic E-state index is 0.223. The Balaban J connectivity index is 1.28. The SMILES string of the molecule is CCCC(=O)N(C)c1cc(C2CCN(CC3CCC4(CC3)CN(C)C4)CC2)ccc1C. The van der Waals surface area contributed by atoms with E-state index in [0.717, 1.165) is 18.0 Å². The summed E-state index contributed by atoms with van der Waals surface area (Å²) in [5, 5.41) is 0. The molecule has 1 amide bonds. The van der Waals surface area contributed by atoms with Crippen molar-refractivity contribution < 1.29 is 4.79 Å². The highest BCUT2D eigenvalue weighted by atomic mass is 16.2. The fourth-order valence-electron chi connectivity index (χ4n) is 6.46. The Morgan fingerprint density at radius 3 is 2.42 bits per heavy atom. The Morgan fingerprint density at radius 1 is 1.13 bits per heavy atom. The molecule has 0 bridgehead atoms. The normalized spacial score (nSPS) is 23.1. The van der Waals surface area contributed by atoms with Crippen molar-refractivity contribution in [1.29, 1.82) is 0 Å². The predicted molar refractivity (Wildman–Crippen MR) is 130 cm³/mol. The fraction of sp³-hybridized carbons (Fsp3) is 0.741. The molecule has 2 heterocycles. The zero-order valence-electron chi connectivity index (χ0n) is 20.3. The maximum Gasteiger partial charge on any atom is 0.226 e. The topological polar surface area (TPSA) is 26.8 Å². The summed E-state index contributed by atoms with van der Waals surface area (Å²) in [6.07, 6.45) is 9.80. The first-order valence-electron chi connectivity index (χ1n) is 12.7. The molecule has 3 fully saturated rings. The molecular formula is C27H43N3O. The first-order chi connectivity index (χ1) is 14.9. The maximum absolute atomic E-state index is 12.4. The van der Waals surface area contributed by atoms with E-state index in [4.69, 9.17) is 0 Å². The van der Waals surface area contributed by atoms with E-state index in [2.05, 4.69) is 48.9 Å². The van der Waals surface area contributed by atoms with Crippen molar-refractivity contribution in [3.8, 4) is 0 Å². The zero-order valence-corrected chi connectivity index (χ0v) is 20.3. The van der Waals surface area contributed by atoms with Gasteiger partial charge in [-0.3, -0.25) is 4.79 Å². The van der Waals surface area contributed by atoms with E-state index in [0.29, 0.717) is 17.8 Å². The molecule has 0 aromatic heterocycles. The zero-order chi connectivity index (χ0) is 22.0. The summed E-state index contributed by atoms with van der Waals surface area (Å²) in [4.78, 5) is 19.5. The van der Waals surface area contributed by atoms with Crippen molar-refractivity contribution in [2.24, 2.45) is 11.3 Å². The van der Waals surface area contributed by atoms with Gasteiger partial charge in [-0.15, -0.1) is 0 Å². The molecule has 0 unspecified atom stereocenters. The second-order valence-corrected chi connectivity index (χ2v) is 10.9. The first kappa shape index (κ1) is 22.8. The minimum absolute atomic E-state index is 0.223. The number of benzene rings is 1. The van der Waals surface area contributed by atoms with Gasteiger partial charge in [-0.05, 0) is 106 Å². The summed E-state index contributed by atoms with van der Waals surface area (Å²) < 4.78 is 0. The molecule has 4 heteroatoms. The number of nitrogens with zero attached hydrogens (tertiary/aromatic N) is 3. The number of carbonyl (C=O) groups is 1. The molecule has 2 aliphatic heterocycles. The van der Waals surface area contributed by atoms with Crippen LogP contribution in [-0.4, -0.2) is 62.5 Å². The molecular weight excluding hydrogens is 382 g/mol. The van der Waals surface area contributed by atoms with Crippen LogP contribution in [0.5, 0.6) is 0 Å². The van der Waals surface area contributed by atoms with E-state index in [9.17, 15) is 4.79 Å². The average molecular weight is 426 g/mol. The molecule has 31 heavy (non-hydrogen) atoms. The first-order valence-corrected chi connectivity index (χ1v) is 12.7. The lowest BCUT2D eigenvalue weighted by Crippen LogP contribution is -2.56. The van der Waals surface area contributed by atoms with Gasteiger partial charge in [0.25, 0.3) is 0 Å². The summed E-state index contributed by atoms with van der Waals surface area (Å²) in [7, 11) is 4.20. The summed E-state index contributed by atoms with van der Waals surface area (Å²) in [5.41, 5.74) is 4.40. The molecule has 172 valence electrons. The molecule has 1 aromatic rings. The second kappa shape index (κ2) is 9.62. The van der Waals surface area contributed by atoms with Crippen LogP contribution in [0.4, 0.5) is 5.69 Å². The summed E-state index contributed by atoms with van der Waals surface area (Å²) >= 11 is 0. The Hall–Kier alpha value is -1.39. The van der Waals surface area contributed by atoms with Crippen molar-refractivity contribution >= 4 is 11.6 Å². The van der Waals surface area contributed by atoms with Gasteiger partial charge in [-0.1, -0.05) is 19.1 Å². The van der Waals surface area contributed by atoms with Gasteiger partial charge in [0, 0.05) is 38.8 Å². The van der Waals surface area contributed by atoms with Crippen LogP contribution in [0, 0.1) is 18.3 Å². The third-order valence-electron chi connectivity index (χ3n) is 8.38. The lowest BCUT2D eigenvalue weighted by Gasteiger charge is -2.52. The van der Waals surface area contributed by atoms with Gasteiger partial charge in [-0.25, -0.2) is 0 Å². The molecule has 4 rings (SSSR count). The summed E-state index contributed by atoms with van der Waals surface area (Å²) in [6.45, 7) is 10.6. The molecule has 1 aliphatic carbocycles. The Bertz CT molecular complexity index is 752. The van der Waals surface area contributed by atoms with E-state index in [1.807, 2.05) is 11.9 Å². The summed E-state index contributed by atoms with van der Waals surface area (Å²) in [6, 6.07) is 6.80. The highest BCUT2D eigenvalue weighted by molar-refractivity contribution is 5.93. The van der Waals surface area contributed by atoms with Gasteiger partial charge in [-0.2, -0.15) is 0 Å². The number of rotatable bonds is 6. The number of piperidine rings is 1. The lowest BCUT2D eigenvalue weighted by atomic mass is 9.66. The summed E-state index contributed by atoms with van der Waals surface area (Å²) in [5.74, 6) is 1.77. The van der Waals surface area contributed by atoms with Crippen LogP contribution < -0.4 is 4.90 Å². The Kier molecular flexibility index (Phi) is 7.07. The number of anilines is 1. The average Bonchev–Trinajstić information content (AvgIpc) is 2.75. The number of likely N-dealkylation sites (tertiary alicyclic amines) is 2. The lowest BCUT2D eigenvalue weighted by molar-refractivity contribution is -0.118. The second-order valence-electron chi connectivity index (χ2n) is 10.9. The standard InChI is InChI=1S/C27H43N3O/c1-5-6-26(31)29(4)25-17-24(8-7-21(25)2)23-11-15-30(16-12-23)18-22-9-13-27(14-10-22)19-28(3)20-27/h7-8,17,22-23H,5-6,9-16,18-20H2,1-4H3. The molecule has 2 saturated heterocycles. The quantitative estimate of drug-likeness (QED) is 0.637. The largest absolute Gasteiger partial charge is 0.315 e. The van der Waals surface area contributed by atoms with Gasteiger partial charge in [0.2, 0.25) is 5.91 Å². The van der Waals surface area contributed by atoms with Crippen molar-refractivity contribution in [1.82, 2.24) is 9.80 Å². The highest BCUT2D eigenvalue weighted by Crippen LogP contribution is 2.45. The van der Waals surface area contributed by atoms with Crippen LogP contribution in [-0.2, 0) is 4.79 Å². The highest BCUT2D eigenvalue weighted by Gasteiger charge is 2.43. The Labute approximate surface area is 190 Å². The van der Waals surface area contributed by atoms with Crippen LogP contribution >= 0.6 is 0 Å². The van der Waals surface area contributed by atoms with Crippen molar-refractivity contribution in [2.75, 3.05) is 51.7 Å². The van der Waals surface area contributed by atoms with E-state index in [1.165, 1.54) is 82.4 Å². The van der Waals surface area contributed by atoms with Crippen LogP contribution in [0.25, 0.3) is 0 Å². The van der Waals surface area contributed by atoms with Crippen molar-refractivity contribution in [3.63, 3.8) is 0 Å². The number of hydrogen-bond acceptors (Lipinski definition) is 3. The molecule has 0 radical (unpaired) electrons. The van der Waals surface area contributed by atoms with E-state index < -0.39 is 0 Å². The molecule has 3 aliphatic rings. The third-order valence-corrected chi connectivity index (χ3v) is 8.38. The number of amides is 1. The van der Waals surface area contributed by atoms with Crippen LogP contribution in [0.2, 0.25) is 0 Å². The minimum Gasteiger partial charge on any atom is -0.315 e. The van der Waals surface area contributed by atoms with Crippen LogP contribution in [0.1, 0.15) is 75.3 Å². The third kappa shape index (κ3) is 5.17. The Morgan fingerprint density at radius 2 is 1.81 bits per heavy atom.